The van der Waals surface area contributed by atoms with Crippen LogP contribution >= 0.6 is 0 Å². The van der Waals surface area contributed by atoms with Gasteiger partial charge in [0.25, 0.3) is 0 Å². The van der Waals surface area contributed by atoms with E-state index in [0.717, 1.165) is 11.4 Å². The molecular formula is C22H16N2. The number of nitrogens with one attached hydrogen (secondary N) is 2. The van der Waals surface area contributed by atoms with Gasteiger partial charge in [0.05, 0.1) is 0 Å². The lowest BCUT2D eigenvalue weighted by atomic mass is 10.1. The number of rotatable bonds is 2. The van der Waals surface area contributed by atoms with Crippen LogP contribution < -0.4 is 0 Å². The standard InChI is InChI=1S/C22H16N2/c1-3-7-15(8-4-1)21-13-17-18-14-22(16-9-5-2-6-10-16)24-20(18)12-11-19(17)23-21/h1-14,23-24H. The number of fused-ring (bicyclic) bond motifs is 3. The third-order valence-electron chi connectivity index (χ3n) is 4.57. The van der Waals surface area contributed by atoms with E-state index in [0.29, 0.717) is 0 Å². The summed E-state index contributed by atoms with van der Waals surface area (Å²) in [5, 5.41) is 2.51. The van der Waals surface area contributed by atoms with Crippen molar-refractivity contribution >= 4 is 21.8 Å². The van der Waals surface area contributed by atoms with Gasteiger partial charge in [-0.15, -0.1) is 0 Å². The van der Waals surface area contributed by atoms with Crippen molar-refractivity contribution in [3.63, 3.8) is 0 Å². The number of hydrogen-bond acceptors (Lipinski definition) is 0. The van der Waals surface area contributed by atoms with Gasteiger partial charge in [-0.25, -0.2) is 0 Å². The van der Waals surface area contributed by atoms with Crippen molar-refractivity contribution in [1.82, 2.24) is 9.97 Å². The molecule has 5 rings (SSSR count). The van der Waals surface area contributed by atoms with Crippen LogP contribution in [-0.2, 0) is 0 Å². The van der Waals surface area contributed by atoms with Crippen molar-refractivity contribution in [2.45, 2.75) is 0 Å². The van der Waals surface area contributed by atoms with Crippen LogP contribution in [0.1, 0.15) is 0 Å². The Kier molecular flexibility index (Phi) is 2.83. The SMILES string of the molecule is c1ccc(-c2cc3c(ccc4[nH]c(-c5ccccc5)cc43)[nH]2)cc1. The van der Waals surface area contributed by atoms with E-state index in [1.54, 1.807) is 0 Å². The lowest BCUT2D eigenvalue weighted by Crippen LogP contribution is -1.75. The Morgan fingerprint density at radius 2 is 0.875 bits per heavy atom. The molecule has 0 saturated heterocycles. The van der Waals surface area contributed by atoms with Crippen LogP contribution in [0.3, 0.4) is 0 Å². The number of aromatic nitrogens is 2. The van der Waals surface area contributed by atoms with Gasteiger partial charge in [0.15, 0.2) is 0 Å². The molecule has 5 aromatic rings. The van der Waals surface area contributed by atoms with Crippen LogP contribution in [0.5, 0.6) is 0 Å². The van der Waals surface area contributed by atoms with Crippen LogP contribution in [0.15, 0.2) is 84.9 Å². The molecule has 2 heteroatoms. The lowest BCUT2D eigenvalue weighted by molar-refractivity contribution is 1.44. The molecule has 0 amide bonds. The quantitative estimate of drug-likeness (QED) is 0.402. The van der Waals surface area contributed by atoms with Crippen molar-refractivity contribution in [1.29, 1.82) is 0 Å². The smallest absolute Gasteiger partial charge is 0.0466 e. The van der Waals surface area contributed by atoms with Crippen LogP contribution in [0, 0.1) is 0 Å². The predicted octanol–water partition coefficient (Wildman–Crippen LogP) is 5.98. The largest absolute Gasteiger partial charge is 0.355 e. The first-order chi connectivity index (χ1) is 11.9. The molecule has 0 aliphatic rings. The second kappa shape index (κ2) is 5.14. The van der Waals surface area contributed by atoms with Gasteiger partial charge in [-0.05, 0) is 35.4 Å². The molecule has 0 aliphatic heterocycles. The molecule has 0 bridgehead atoms. The van der Waals surface area contributed by atoms with Crippen LogP contribution in [-0.4, -0.2) is 9.97 Å². The molecule has 114 valence electrons. The zero-order chi connectivity index (χ0) is 15.9. The van der Waals surface area contributed by atoms with E-state index in [2.05, 4.69) is 82.8 Å². The predicted molar refractivity (Wildman–Crippen MR) is 101 cm³/mol. The van der Waals surface area contributed by atoms with Crippen LogP contribution in [0.2, 0.25) is 0 Å². The Balaban J connectivity index is 1.72. The third-order valence-corrected chi connectivity index (χ3v) is 4.57. The maximum Gasteiger partial charge on any atom is 0.0466 e. The summed E-state index contributed by atoms with van der Waals surface area (Å²) in [6.45, 7) is 0. The van der Waals surface area contributed by atoms with Crippen molar-refractivity contribution in [2.24, 2.45) is 0 Å². The van der Waals surface area contributed by atoms with Crippen molar-refractivity contribution in [3.8, 4) is 22.5 Å². The normalized spacial score (nSPS) is 11.3. The van der Waals surface area contributed by atoms with E-state index < -0.39 is 0 Å². The summed E-state index contributed by atoms with van der Waals surface area (Å²) in [7, 11) is 0. The zero-order valence-electron chi connectivity index (χ0n) is 13.1. The fourth-order valence-corrected chi connectivity index (χ4v) is 3.36. The van der Waals surface area contributed by atoms with Crippen molar-refractivity contribution in [3.05, 3.63) is 84.9 Å². The van der Waals surface area contributed by atoms with E-state index >= 15 is 0 Å². The first-order valence-electron chi connectivity index (χ1n) is 8.14. The van der Waals surface area contributed by atoms with E-state index in [1.807, 2.05) is 12.1 Å². The maximum absolute atomic E-state index is 3.54. The molecule has 0 atom stereocenters. The second-order valence-corrected chi connectivity index (χ2v) is 6.09. The van der Waals surface area contributed by atoms with Crippen molar-refractivity contribution in [2.75, 3.05) is 0 Å². The summed E-state index contributed by atoms with van der Waals surface area (Å²) >= 11 is 0. The molecule has 2 N–H and O–H groups in total. The van der Waals surface area contributed by atoms with Crippen molar-refractivity contribution < 1.29 is 0 Å². The molecular weight excluding hydrogens is 292 g/mol. The topological polar surface area (TPSA) is 31.6 Å². The van der Waals surface area contributed by atoms with E-state index in [1.165, 1.54) is 32.9 Å². The zero-order valence-corrected chi connectivity index (χ0v) is 13.1. The molecule has 0 spiro atoms. The average Bonchev–Trinajstić information content (AvgIpc) is 3.27. The summed E-state index contributed by atoms with van der Waals surface area (Å²) in [5.74, 6) is 0. The molecule has 24 heavy (non-hydrogen) atoms. The fourth-order valence-electron chi connectivity index (χ4n) is 3.36. The first-order valence-corrected chi connectivity index (χ1v) is 8.14. The molecule has 2 aromatic heterocycles. The highest BCUT2D eigenvalue weighted by Crippen LogP contribution is 2.32. The van der Waals surface area contributed by atoms with Gasteiger partial charge in [-0.1, -0.05) is 60.7 Å². The average molecular weight is 308 g/mol. The number of H-pyrrole nitrogens is 2. The lowest BCUT2D eigenvalue weighted by Gasteiger charge is -1.95. The second-order valence-electron chi connectivity index (χ2n) is 6.09. The molecule has 0 unspecified atom stereocenters. The molecule has 0 radical (unpaired) electrons. The fraction of sp³-hybridized carbons (Fsp3) is 0. The minimum absolute atomic E-state index is 1.15. The Morgan fingerprint density at radius 1 is 0.458 bits per heavy atom. The van der Waals surface area contributed by atoms with E-state index in [9.17, 15) is 0 Å². The van der Waals surface area contributed by atoms with Gasteiger partial charge < -0.3 is 9.97 Å². The summed E-state index contributed by atoms with van der Waals surface area (Å²) < 4.78 is 0. The molecule has 2 heterocycles. The molecule has 0 saturated carbocycles. The van der Waals surface area contributed by atoms with Gasteiger partial charge in [-0.2, -0.15) is 0 Å². The minimum Gasteiger partial charge on any atom is -0.355 e. The summed E-state index contributed by atoms with van der Waals surface area (Å²) in [6.07, 6.45) is 0. The first kappa shape index (κ1) is 13.2. The summed E-state index contributed by atoms with van der Waals surface area (Å²) in [4.78, 5) is 7.08. The highest BCUT2D eigenvalue weighted by atomic mass is 14.7. The van der Waals surface area contributed by atoms with Gasteiger partial charge in [0.2, 0.25) is 0 Å². The highest BCUT2D eigenvalue weighted by Gasteiger charge is 2.09. The van der Waals surface area contributed by atoms with Crippen LogP contribution in [0.4, 0.5) is 0 Å². The molecule has 2 nitrogen and oxygen atoms in total. The van der Waals surface area contributed by atoms with Gasteiger partial charge in [0.1, 0.15) is 0 Å². The van der Waals surface area contributed by atoms with E-state index in [4.69, 9.17) is 0 Å². The summed E-state index contributed by atoms with van der Waals surface area (Å²) in [6, 6.07) is 29.7. The number of aromatic amines is 2. The minimum atomic E-state index is 1.15. The molecule has 3 aromatic carbocycles. The Labute approximate surface area is 139 Å². The van der Waals surface area contributed by atoms with Gasteiger partial charge in [0, 0.05) is 33.2 Å². The van der Waals surface area contributed by atoms with Crippen LogP contribution in [0.25, 0.3) is 44.3 Å². The molecule has 0 aliphatic carbocycles. The number of benzene rings is 3. The van der Waals surface area contributed by atoms with Gasteiger partial charge >= 0.3 is 0 Å². The Bertz CT molecular complexity index is 1040. The van der Waals surface area contributed by atoms with E-state index in [-0.39, 0.29) is 0 Å². The third kappa shape index (κ3) is 2.04. The van der Waals surface area contributed by atoms with Gasteiger partial charge in [-0.3, -0.25) is 0 Å². The Hall–Kier alpha value is -3.26. The highest BCUT2D eigenvalue weighted by molar-refractivity contribution is 6.08. The summed E-state index contributed by atoms with van der Waals surface area (Å²) in [5.41, 5.74) is 7.06. The monoisotopic (exact) mass is 308 g/mol. The Morgan fingerprint density at radius 3 is 1.29 bits per heavy atom. The number of hydrogen-bond donors (Lipinski definition) is 2. The molecule has 0 fully saturated rings. The maximum atomic E-state index is 3.54.